The summed E-state index contributed by atoms with van der Waals surface area (Å²) in [5.74, 6) is 1.16. The molecular weight excluding hydrogens is 276 g/mol. The molecule has 21 heavy (non-hydrogen) atoms. The molecule has 3 rings (SSSR count). The Morgan fingerprint density at radius 2 is 1.76 bits per heavy atom. The summed E-state index contributed by atoms with van der Waals surface area (Å²) in [5.41, 5.74) is 3.60. The molecular formula is C18H20N2S. The van der Waals surface area contributed by atoms with E-state index in [0.717, 1.165) is 23.0 Å². The Morgan fingerprint density at radius 1 is 1.05 bits per heavy atom. The van der Waals surface area contributed by atoms with Gasteiger partial charge in [-0.2, -0.15) is 0 Å². The van der Waals surface area contributed by atoms with E-state index in [4.69, 9.17) is 4.99 Å². The lowest BCUT2D eigenvalue weighted by molar-refractivity contribution is 0.634. The average Bonchev–Trinajstić information content (AvgIpc) is 2.56. The van der Waals surface area contributed by atoms with Crippen molar-refractivity contribution < 1.29 is 0 Å². The van der Waals surface area contributed by atoms with E-state index in [9.17, 15) is 0 Å². The fourth-order valence-corrected chi connectivity index (χ4v) is 3.42. The number of aliphatic imine (C=N–C) groups is 1. The van der Waals surface area contributed by atoms with E-state index in [0.29, 0.717) is 6.04 Å². The van der Waals surface area contributed by atoms with Crippen LogP contribution in [0.2, 0.25) is 0 Å². The van der Waals surface area contributed by atoms with Crippen molar-refractivity contribution in [2.75, 3.05) is 11.1 Å². The molecule has 2 nitrogen and oxygen atoms in total. The van der Waals surface area contributed by atoms with Crippen molar-refractivity contribution in [2.45, 2.75) is 25.8 Å². The second kappa shape index (κ2) is 6.81. The second-order valence-electron chi connectivity index (χ2n) is 5.20. The largest absolute Gasteiger partial charge is 0.335 e. The van der Waals surface area contributed by atoms with Crippen molar-refractivity contribution in [3.05, 3.63) is 54.6 Å². The number of anilines is 1. The molecule has 2 aromatic carbocycles. The molecule has 108 valence electrons. The molecule has 1 aliphatic heterocycles. The highest BCUT2D eigenvalue weighted by atomic mass is 32.2. The number of amidine groups is 1. The van der Waals surface area contributed by atoms with Gasteiger partial charge in [-0.15, -0.1) is 0 Å². The molecule has 3 heteroatoms. The second-order valence-corrected chi connectivity index (χ2v) is 6.29. The van der Waals surface area contributed by atoms with Crippen molar-refractivity contribution in [1.82, 2.24) is 0 Å². The van der Waals surface area contributed by atoms with Gasteiger partial charge in [0, 0.05) is 11.4 Å². The molecule has 2 aromatic rings. The van der Waals surface area contributed by atoms with E-state index < -0.39 is 0 Å². The van der Waals surface area contributed by atoms with Crippen LogP contribution < -0.4 is 5.32 Å². The molecule has 0 saturated heterocycles. The fraction of sp³-hybridized carbons (Fsp3) is 0.278. The maximum absolute atomic E-state index is 4.74. The Labute approximate surface area is 130 Å². The molecule has 1 aliphatic rings. The summed E-state index contributed by atoms with van der Waals surface area (Å²) in [5, 5.41) is 4.49. The van der Waals surface area contributed by atoms with Crippen molar-refractivity contribution >= 4 is 22.6 Å². The quantitative estimate of drug-likeness (QED) is 0.858. The molecule has 0 amide bonds. The lowest BCUT2D eigenvalue weighted by Gasteiger charge is -2.19. The van der Waals surface area contributed by atoms with Crippen LogP contribution in [0, 0.1) is 0 Å². The molecule has 0 aromatic heterocycles. The molecule has 0 aliphatic carbocycles. The number of hydrogen-bond acceptors (Lipinski definition) is 3. The molecule has 0 saturated carbocycles. The van der Waals surface area contributed by atoms with Crippen LogP contribution in [0.4, 0.5) is 5.69 Å². The summed E-state index contributed by atoms with van der Waals surface area (Å²) in [7, 11) is 0. The maximum atomic E-state index is 4.74. The zero-order valence-electron chi connectivity index (χ0n) is 12.3. The van der Waals surface area contributed by atoms with Crippen molar-refractivity contribution in [1.29, 1.82) is 0 Å². The molecule has 1 atom stereocenters. The van der Waals surface area contributed by atoms with Gasteiger partial charge in [0.15, 0.2) is 5.17 Å². The van der Waals surface area contributed by atoms with Crippen LogP contribution in [0.3, 0.4) is 0 Å². The zero-order valence-corrected chi connectivity index (χ0v) is 13.1. The number of thioether (sulfide) groups is 1. The third-order valence-electron chi connectivity index (χ3n) is 3.70. The van der Waals surface area contributed by atoms with Crippen LogP contribution in [-0.4, -0.2) is 17.0 Å². The van der Waals surface area contributed by atoms with Gasteiger partial charge in [0.05, 0.1) is 6.04 Å². The van der Waals surface area contributed by atoms with Crippen LogP contribution in [0.5, 0.6) is 0 Å². The van der Waals surface area contributed by atoms with E-state index in [1.54, 1.807) is 0 Å². The number of nitrogens with one attached hydrogen (secondary N) is 1. The van der Waals surface area contributed by atoms with Gasteiger partial charge in [-0.25, -0.2) is 0 Å². The number of benzene rings is 2. The SMILES string of the molecule is CCC1CCSC(Nc2ccc(-c3ccccc3)cc2)=N1. The molecule has 0 fully saturated rings. The summed E-state index contributed by atoms with van der Waals surface area (Å²) in [4.78, 5) is 4.74. The summed E-state index contributed by atoms with van der Waals surface area (Å²) < 4.78 is 0. The maximum Gasteiger partial charge on any atom is 0.161 e. The predicted molar refractivity (Wildman–Crippen MR) is 94.1 cm³/mol. The first-order valence-electron chi connectivity index (χ1n) is 7.48. The van der Waals surface area contributed by atoms with Crippen molar-refractivity contribution in [3.8, 4) is 11.1 Å². The molecule has 1 N–H and O–H groups in total. The standard InChI is InChI=1S/C18H20N2S/c1-2-16-12-13-21-18(19-16)20-17-10-8-15(9-11-17)14-6-4-3-5-7-14/h3-11,16H,2,12-13H2,1H3,(H,19,20). The summed E-state index contributed by atoms with van der Waals surface area (Å²) in [6.45, 7) is 2.20. The van der Waals surface area contributed by atoms with Gasteiger partial charge in [-0.1, -0.05) is 61.2 Å². The Kier molecular flexibility index (Phi) is 4.61. The van der Waals surface area contributed by atoms with Gasteiger partial charge in [-0.05, 0) is 36.1 Å². The normalized spacial score (nSPS) is 18.1. The van der Waals surface area contributed by atoms with Crippen LogP contribution in [0.15, 0.2) is 59.6 Å². The number of hydrogen-bond donors (Lipinski definition) is 1. The first kappa shape index (κ1) is 14.2. The van der Waals surface area contributed by atoms with E-state index in [-0.39, 0.29) is 0 Å². The Morgan fingerprint density at radius 3 is 2.48 bits per heavy atom. The lowest BCUT2D eigenvalue weighted by Crippen LogP contribution is -2.19. The molecule has 1 unspecified atom stereocenters. The predicted octanol–water partition coefficient (Wildman–Crippen LogP) is 5.04. The Bertz CT molecular complexity index is 605. The highest BCUT2D eigenvalue weighted by Gasteiger charge is 2.13. The van der Waals surface area contributed by atoms with Gasteiger partial charge in [0.25, 0.3) is 0 Å². The minimum atomic E-state index is 0.484. The van der Waals surface area contributed by atoms with Crippen LogP contribution in [0.1, 0.15) is 19.8 Å². The first-order chi connectivity index (χ1) is 10.3. The zero-order chi connectivity index (χ0) is 14.5. The van der Waals surface area contributed by atoms with Gasteiger partial charge >= 0.3 is 0 Å². The third kappa shape index (κ3) is 3.67. The smallest absolute Gasteiger partial charge is 0.161 e. The number of nitrogens with zero attached hydrogens (tertiary/aromatic N) is 1. The lowest BCUT2D eigenvalue weighted by atomic mass is 10.1. The highest BCUT2D eigenvalue weighted by molar-refractivity contribution is 8.14. The highest BCUT2D eigenvalue weighted by Crippen LogP contribution is 2.24. The van der Waals surface area contributed by atoms with Crippen LogP contribution >= 0.6 is 11.8 Å². The van der Waals surface area contributed by atoms with Crippen molar-refractivity contribution in [2.24, 2.45) is 4.99 Å². The van der Waals surface area contributed by atoms with Gasteiger partial charge in [0.2, 0.25) is 0 Å². The molecule has 1 heterocycles. The number of rotatable bonds is 3. The van der Waals surface area contributed by atoms with Gasteiger partial charge in [-0.3, -0.25) is 4.99 Å². The Balaban J connectivity index is 1.72. The van der Waals surface area contributed by atoms with E-state index in [2.05, 4.69) is 60.8 Å². The van der Waals surface area contributed by atoms with Crippen molar-refractivity contribution in [3.63, 3.8) is 0 Å². The molecule has 0 bridgehead atoms. The minimum Gasteiger partial charge on any atom is -0.335 e. The summed E-state index contributed by atoms with van der Waals surface area (Å²) >= 11 is 1.82. The topological polar surface area (TPSA) is 24.4 Å². The summed E-state index contributed by atoms with van der Waals surface area (Å²) in [6.07, 6.45) is 2.32. The van der Waals surface area contributed by atoms with Gasteiger partial charge in [0.1, 0.15) is 0 Å². The van der Waals surface area contributed by atoms with Crippen LogP contribution in [0.25, 0.3) is 11.1 Å². The molecule has 0 radical (unpaired) electrons. The van der Waals surface area contributed by atoms with E-state index >= 15 is 0 Å². The third-order valence-corrected chi connectivity index (χ3v) is 4.62. The summed E-state index contributed by atoms with van der Waals surface area (Å²) in [6, 6.07) is 19.5. The van der Waals surface area contributed by atoms with E-state index in [1.165, 1.54) is 17.5 Å². The molecule has 0 spiro atoms. The average molecular weight is 296 g/mol. The fourth-order valence-electron chi connectivity index (χ4n) is 2.42. The Hall–Kier alpha value is -1.74. The van der Waals surface area contributed by atoms with E-state index in [1.807, 2.05) is 17.8 Å². The monoisotopic (exact) mass is 296 g/mol. The van der Waals surface area contributed by atoms with Gasteiger partial charge < -0.3 is 5.32 Å². The minimum absolute atomic E-state index is 0.484. The van der Waals surface area contributed by atoms with Crippen LogP contribution in [-0.2, 0) is 0 Å². The first-order valence-corrected chi connectivity index (χ1v) is 8.47.